The second-order valence-corrected chi connectivity index (χ2v) is 10.9. The summed E-state index contributed by atoms with van der Waals surface area (Å²) < 4.78 is 0. The Hall–Kier alpha value is -3.88. The molecule has 40 heavy (non-hydrogen) atoms. The molecule has 0 bridgehead atoms. The van der Waals surface area contributed by atoms with E-state index in [4.69, 9.17) is 11.6 Å². The number of hydrogen-bond donors (Lipinski definition) is 4. The topological polar surface area (TPSA) is 106 Å². The van der Waals surface area contributed by atoms with Gasteiger partial charge in [0.2, 0.25) is 0 Å². The fourth-order valence-corrected chi connectivity index (χ4v) is 5.64. The van der Waals surface area contributed by atoms with E-state index in [9.17, 15) is 14.4 Å². The Morgan fingerprint density at radius 1 is 1.10 bits per heavy atom. The van der Waals surface area contributed by atoms with Crippen LogP contribution in [0.15, 0.2) is 42.5 Å². The van der Waals surface area contributed by atoms with Crippen LogP contribution in [0.25, 0.3) is 11.6 Å². The Bertz CT molecular complexity index is 1500. The number of likely N-dealkylation sites (tertiary alicyclic amines) is 1. The van der Waals surface area contributed by atoms with Crippen molar-refractivity contribution in [3.8, 4) is 0 Å². The fourth-order valence-electron chi connectivity index (χ4n) is 5.44. The van der Waals surface area contributed by atoms with Gasteiger partial charge in [0.05, 0.1) is 17.2 Å². The molecule has 1 atom stereocenters. The molecule has 3 heterocycles. The average Bonchev–Trinajstić information content (AvgIpc) is 3.62. The highest BCUT2D eigenvalue weighted by molar-refractivity contribution is 6.35. The molecule has 3 amide bonds. The number of fused-ring (bicyclic) bond motifs is 1. The van der Waals surface area contributed by atoms with Gasteiger partial charge in [-0.2, -0.15) is 0 Å². The molecule has 3 aromatic rings. The molecule has 4 N–H and O–H groups in total. The largest absolute Gasteiger partial charge is 0.358 e. The Morgan fingerprint density at radius 2 is 1.88 bits per heavy atom. The van der Waals surface area contributed by atoms with Crippen LogP contribution in [-0.4, -0.2) is 53.8 Å². The Kier molecular flexibility index (Phi) is 8.09. The summed E-state index contributed by atoms with van der Waals surface area (Å²) in [6.07, 6.45) is 4.18. The van der Waals surface area contributed by atoms with Gasteiger partial charge in [-0.15, -0.1) is 0 Å². The molecule has 5 rings (SSSR count). The zero-order chi connectivity index (χ0) is 28.4. The van der Waals surface area contributed by atoms with E-state index in [2.05, 4.69) is 25.8 Å². The summed E-state index contributed by atoms with van der Waals surface area (Å²) in [5, 5.41) is 9.51. The lowest BCUT2D eigenvalue weighted by Gasteiger charge is -2.15. The van der Waals surface area contributed by atoms with Crippen molar-refractivity contribution in [3.63, 3.8) is 0 Å². The number of benzene rings is 2. The molecule has 2 aliphatic heterocycles. The Morgan fingerprint density at radius 3 is 2.62 bits per heavy atom. The van der Waals surface area contributed by atoms with Crippen LogP contribution in [0.1, 0.15) is 74.6 Å². The fraction of sp³-hybridized carbons (Fsp3) is 0.323. The van der Waals surface area contributed by atoms with Crippen LogP contribution in [-0.2, 0) is 4.79 Å². The van der Waals surface area contributed by atoms with E-state index >= 15 is 0 Å². The normalized spacial score (nSPS) is 16.6. The van der Waals surface area contributed by atoms with Gasteiger partial charge in [-0.05, 0) is 94.2 Å². The van der Waals surface area contributed by atoms with Gasteiger partial charge in [0.1, 0.15) is 0 Å². The van der Waals surface area contributed by atoms with Crippen molar-refractivity contribution in [1.29, 1.82) is 0 Å². The Labute approximate surface area is 239 Å². The number of rotatable bonds is 8. The lowest BCUT2D eigenvalue weighted by Crippen LogP contribution is -2.33. The number of aromatic amines is 1. The predicted octanol–water partition coefficient (Wildman–Crippen LogP) is 5.09. The molecule has 1 unspecified atom stereocenters. The number of anilines is 1. The molecule has 2 aromatic carbocycles. The van der Waals surface area contributed by atoms with E-state index in [0.29, 0.717) is 45.2 Å². The van der Waals surface area contributed by atoms with E-state index in [1.54, 1.807) is 30.3 Å². The summed E-state index contributed by atoms with van der Waals surface area (Å²) >= 11 is 6.10. The number of aromatic nitrogens is 1. The minimum absolute atomic E-state index is 0.126. The van der Waals surface area contributed by atoms with Crippen molar-refractivity contribution in [1.82, 2.24) is 20.5 Å². The van der Waals surface area contributed by atoms with Gasteiger partial charge in [0, 0.05) is 46.3 Å². The van der Waals surface area contributed by atoms with E-state index in [-0.39, 0.29) is 23.8 Å². The summed E-state index contributed by atoms with van der Waals surface area (Å²) in [5.41, 5.74) is 5.82. The number of amides is 3. The van der Waals surface area contributed by atoms with Crippen molar-refractivity contribution in [2.75, 3.05) is 31.5 Å². The van der Waals surface area contributed by atoms with E-state index in [1.807, 2.05) is 39.0 Å². The standard InChI is InChI=1S/C31H34ClN5O3/c1-18-27(34-20(3)28(18)31(40)33-11-14-37-12-4-5-13-37)17-25-24-16-22(9-10-26(24)36-30(25)39)29(38)35-19(2)21-7-6-8-23(32)15-21/h6-10,15-17,19,34H,4-5,11-14H2,1-3H3,(H,33,40)(H,35,38)(H,36,39). The first-order valence-electron chi connectivity index (χ1n) is 13.6. The predicted molar refractivity (Wildman–Crippen MR) is 159 cm³/mol. The molecule has 0 spiro atoms. The van der Waals surface area contributed by atoms with Crippen molar-refractivity contribution >= 4 is 46.7 Å². The molecular weight excluding hydrogens is 526 g/mol. The molecule has 1 saturated heterocycles. The van der Waals surface area contributed by atoms with Gasteiger partial charge in [0.15, 0.2) is 0 Å². The number of carbonyl (C=O) groups excluding carboxylic acids is 3. The third-order valence-electron chi connectivity index (χ3n) is 7.67. The van der Waals surface area contributed by atoms with Gasteiger partial charge >= 0.3 is 0 Å². The quantitative estimate of drug-likeness (QED) is 0.288. The second kappa shape index (κ2) is 11.7. The number of hydrogen-bond acceptors (Lipinski definition) is 4. The maximum atomic E-state index is 13.1. The number of nitrogens with one attached hydrogen (secondary N) is 4. The number of halogens is 1. The first-order chi connectivity index (χ1) is 19.2. The van der Waals surface area contributed by atoms with Crippen LogP contribution in [0.2, 0.25) is 5.02 Å². The highest BCUT2D eigenvalue weighted by Gasteiger charge is 2.27. The van der Waals surface area contributed by atoms with Crippen LogP contribution < -0.4 is 16.0 Å². The lowest BCUT2D eigenvalue weighted by atomic mass is 10.0. The minimum Gasteiger partial charge on any atom is -0.358 e. The molecule has 208 valence electrons. The summed E-state index contributed by atoms with van der Waals surface area (Å²) in [7, 11) is 0. The molecule has 9 heteroatoms. The van der Waals surface area contributed by atoms with Crippen LogP contribution >= 0.6 is 11.6 Å². The van der Waals surface area contributed by atoms with Gasteiger partial charge in [-0.1, -0.05) is 23.7 Å². The minimum atomic E-state index is -0.261. The van der Waals surface area contributed by atoms with E-state index in [0.717, 1.165) is 36.5 Å². The third-order valence-corrected chi connectivity index (χ3v) is 7.90. The highest BCUT2D eigenvalue weighted by atomic mass is 35.5. The number of H-pyrrole nitrogens is 1. The molecule has 8 nitrogen and oxygen atoms in total. The average molecular weight is 560 g/mol. The van der Waals surface area contributed by atoms with Crippen LogP contribution in [0, 0.1) is 13.8 Å². The molecule has 2 aliphatic rings. The molecule has 0 saturated carbocycles. The van der Waals surface area contributed by atoms with Gasteiger partial charge in [-0.25, -0.2) is 0 Å². The summed E-state index contributed by atoms with van der Waals surface area (Å²) in [6, 6.07) is 12.3. The summed E-state index contributed by atoms with van der Waals surface area (Å²) in [4.78, 5) is 44.6. The molecule has 1 aromatic heterocycles. The SMILES string of the molecule is Cc1[nH]c(C=C2C(=O)Nc3ccc(C(=O)NC(C)c4cccc(Cl)c4)cc32)c(C)c1C(=O)NCCN1CCCC1. The summed E-state index contributed by atoms with van der Waals surface area (Å²) in [5.74, 6) is -0.643. The second-order valence-electron chi connectivity index (χ2n) is 10.5. The Balaban J connectivity index is 1.34. The van der Waals surface area contributed by atoms with E-state index in [1.165, 1.54) is 12.8 Å². The van der Waals surface area contributed by atoms with E-state index < -0.39 is 0 Å². The molecule has 1 fully saturated rings. The highest BCUT2D eigenvalue weighted by Crippen LogP contribution is 2.35. The van der Waals surface area contributed by atoms with Crippen LogP contribution in [0.5, 0.6) is 0 Å². The van der Waals surface area contributed by atoms with Gasteiger partial charge < -0.3 is 25.8 Å². The van der Waals surface area contributed by atoms with Gasteiger partial charge in [0.25, 0.3) is 17.7 Å². The van der Waals surface area contributed by atoms with Crippen molar-refractivity contribution in [2.24, 2.45) is 0 Å². The van der Waals surface area contributed by atoms with Crippen LogP contribution in [0.3, 0.4) is 0 Å². The van der Waals surface area contributed by atoms with Crippen LogP contribution in [0.4, 0.5) is 5.69 Å². The maximum Gasteiger partial charge on any atom is 0.256 e. The van der Waals surface area contributed by atoms with Crippen molar-refractivity contribution in [3.05, 3.63) is 86.7 Å². The van der Waals surface area contributed by atoms with Crippen molar-refractivity contribution < 1.29 is 14.4 Å². The lowest BCUT2D eigenvalue weighted by molar-refractivity contribution is -0.110. The number of carbonyl (C=O) groups is 3. The smallest absolute Gasteiger partial charge is 0.256 e. The van der Waals surface area contributed by atoms with Gasteiger partial charge in [-0.3, -0.25) is 14.4 Å². The third kappa shape index (κ3) is 5.83. The monoisotopic (exact) mass is 559 g/mol. The summed E-state index contributed by atoms with van der Waals surface area (Å²) in [6.45, 7) is 9.24. The first-order valence-corrected chi connectivity index (χ1v) is 14.0. The van der Waals surface area contributed by atoms with Crippen molar-refractivity contribution in [2.45, 2.75) is 39.7 Å². The number of nitrogens with zero attached hydrogens (tertiary/aromatic N) is 1. The first kappa shape index (κ1) is 27.7. The molecule has 0 radical (unpaired) electrons. The number of aryl methyl sites for hydroxylation is 1. The maximum absolute atomic E-state index is 13.1. The zero-order valence-corrected chi connectivity index (χ0v) is 23.7. The zero-order valence-electron chi connectivity index (χ0n) is 23.0. The molecular formula is C31H34ClN5O3. The molecule has 0 aliphatic carbocycles.